The van der Waals surface area contributed by atoms with Gasteiger partial charge in [0.1, 0.15) is 0 Å². The number of aliphatic hydroxyl groups is 1. The molecule has 1 saturated heterocycles. The van der Waals surface area contributed by atoms with Crippen LogP contribution in [-0.4, -0.2) is 23.8 Å². The molecule has 2 N–H and O–H groups in total. The SMILES string of the molecule is O[C@@H]1CCCC[C@@H]1[C@H]1CCCCN1. The smallest absolute Gasteiger partial charge is 0.0583 e. The summed E-state index contributed by atoms with van der Waals surface area (Å²) in [7, 11) is 0. The van der Waals surface area contributed by atoms with Gasteiger partial charge in [0.25, 0.3) is 0 Å². The molecule has 2 aliphatic rings. The molecule has 76 valence electrons. The van der Waals surface area contributed by atoms with Gasteiger partial charge in [0.15, 0.2) is 0 Å². The third-order valence-electron chi connectivity index (χ3n) is 3.65. The molecule has 0 aromatic heterocycles. The minimum absolute atomic E-state index is 0.0238. The molecule has 2 nitrogen and oxygen atoms in total. The zero-order valence-electron chi connectivity index (χ0n) is 8.34. The van der Waals surface area contributed by atoms with E-state index in [1.165, 1.54) is 38.5 Å². The Kier molecular flexibility index (Phi) is 3.23. The van der Waals surface area contributed by atoms with Crippen LogP contribution in [0.4, 0.5) is 0 Å². The number of hydrogen-bond acceptors (Lipinski definition) is 2. The van der Waals surface area contributed by atoms with Gasteiger partial charge >= 0.3 is 0 Å². The first-order valence-electron chi connectivity index (χ1n) is 5.79. The van der Waals surface area contributed by atoms with Crippen molar-refractivity contribution in [2.45, 2.75) is 57.1 Å². The second-order valence-corrected chi connectivity index (χ2v) is 4.57. The van der Waals surface area contributed by atoms with Crippen molar-refractivity contribution in [3.05, 3.63) is 0 Å². The van der Waals surface area contributed by atoms with Crippen molar-refractivity contribution in [3.8, 4) is 0 Å². The maximum Gasteiger partial charge on any atom is 0.0583 e. The monoisotopic (exact) mass is 183 g/mol. The molecule has 2 heteroatoms. The highest BCUT2D eigenvalue weighted by molar-refractivity contribution is 4.86. The molecule has 0 aromatic carbocycles. The molecule has 1 aliphatic heterocycles. The molecule has 1 aliphatic carbocycles. The second kappa shape index (κ2) is 4.43. The van der Waals surface area contributed by atoms with Crippen LogP contribution in [0.15, 0.2) is 0 Å². The van der Waals surface area contributed by atoms with Crippen molar-refractivity contribution in [2.75, 3.05) is 6.54 Å². The lowest BCUT2D eigenvalue weighted by Gasteiger charge is -2.37. The fourth-order valence-electron chi connectivity index (χ4n) is 2.85. The molecule has 13 heavy (non-hydrogen) atoms. The van der Waals surface area contributed by atoms with E-state index in [9.17, 15) is 5.11 Å². The third-order valence-corrected chi connectivity index (χ3v) is 3.65. The van der Waals surface area contributed by atoms with Gasteiger partial charge in [-0.2, -0.15) is 0 Å². The fraction of sp³-hybridized carbons (Fsp3) is 1.00. The minimum Gasteiger partial charge on any atom is -0.393 e. The standard InChI is InChI=1S/C11H21NO/c13-11-7-2-1-5-9(11)10-6-3-4-8-12-10/h9-13H,1-8H2/t9-,10-,11-/m1/s1. The number of aliphatic hydroxyl groups excluding tert-OH is 1. The lowest BCUT2D eigenvalue weighted by Crippen LogP contribution is -2.45. The first-order chi connectivity index (χ1) is 6.38. The average molecular weight is 183 g/mol. The molecule has 0 spiro atoms. The van der Waals surface area contributed by atoms with Crippen LogP contribution in [0.25, 0.3) is 0 Å². The van der Waals surface area contributed by atoms with Crippen molar-refractivity contribution < 1.29 is 5.11 Å². The van der Waals surface area contributed by atoms with Crippen LogP contribution in [0.2, 0.25) is 0 Å². The highest BCUT2D eigenvalue weighted by Crippen LogP contribution is 2.30. The summed E-state index contributed by atoms with van der Waals surface area (Å²) in [6, 6.07) is 0.615. The summed E-state index contributed by atoms with van der Waals surface area (Å²) in [5.41, 5.74) is 0. The maximum absolute atomic E-state index is 9.88. The number of piperidine rings is 1. The zero-order chi connectivity index (χ0) is 9.10. The van der Waals surface area contributed by atoms with Crippen molar-refractivity contribution in [3.63, 3.8) is 0 Å². The summed E-state index contributed by atoms with van der Waals surface area (Å²) in [5, 5.41) is 13.4. The lowest BCUT2D eigenvalue weighted by atomic mass is 9.79. The van der Waals surface area contributed by atoms with Gasteiger partial charge in [-0.15, -0.1) is 0 Å². The topological polar surface area (TPSA) is 32.3 Å². The van der Waals surface area contributed by atoms with Crippen molar-refractivity contribution in [2.24, 2.45) is 5.92 Å². The first-order valence-corrected chi connectivity index (χ1v) is 5.79. The van der Waals surface area contributed by atoms with E-state index in [0.29, 0.717) is 12.0 Å². The first kappa shape index (κ1) is 9.47. The van der Waals surface area contributed by atoms with Gasteiger partial charge in [0.05, 0.1) is 6.10 Å². The molecular weight excluding hydrogens is 162 g/mol. The number of hydrogen-bond donors (Lipinski definition) is 2. The predicted octanol–water partition coefficient (Wildman–Crippen LogP) is 1.68. The zero-order valence-corrected chi connectivity index (χ0v) is 8.34. The molecule has 0 amide bonds. The highest BCUT2D eigenvalue weighted by Gasteiger charge is 2.30. The molecular formula is C11H21NO. The summed E-state index contributed by atoms with van der Waals surface area (Å²) >= 11 is 0. The molecule has 2 rings (SSSR count). The largest absolute Gasteiger partial charge is 0.393 e. The minimum atomic E-state index is -0.0238. The lowest BCUT2D eigenvalue weighted by molar-refractivity contribution is 0.0422. The quantitative estimate of drug-likeness (QED) is 0.648. The van der Waals surface area contributed by atoms with Gasteiger partial charge in [-0.25, -0.2) is 0 Å². The fourth-order valence-corrected chi connectivity index (χ4v) is 2.85. The second-order valence-electron chi connectivity index (χ2n) is 4.57. The van der Waals surface area contributed by atoms with Gasteiger partial charge in [-0.05, 0) is 32.2 Å². The molecule has 0 aromatic rings. The third kappa shape index (κ3) is 2.23. The van der Waals surface area contributed by atoms with E-state index >= 15 is 0 Å². The Morgan fingerprint density at radius 3 is 2.38 bits per heavy atom. The van der Waals surface area contributed by atoms with Gasteiger partial charge < -0.3 is 10.4 Å². The Labute approximate surface area is 80.7 Å². The van der Waals surface area contributed by atoms with Crippen LogP contribution >= 0.6 is 0 Å². The Balaban J connectivity index is 1.88. The molecule has 0 unspecified atom stereocenters. The Morgan fingerprint density at radius 2 is 1.69 bits per heavy atom. The van der Waals surface area contributed by atoms with Crippen LogP contribution < -0.4 is 5.32 Å². The van der Waals surface area contributed by atoms with Crippen molar-refractivity contribution in [1.29, 1.82) is 0 Å². The predicted molar refractivity (Wildman–Crippen MR) is 53.6 cm³/mol. The summed E-state index contributed by atoms with van der Waals surface area (Å²) in [6.45, 7) is 1.16. The van der Waals surface area contributed by atoms with Crippen LogP contribution in [-0.2, 0) is 0 Å². The maximum atomic E-state index is 9.88. The molecule has 0 radical (unpaired) electrons. The van der Waals surface area contributed by atoms with E-state index in [-0.39, 0.29) is 6.10 Å². The van der Waals surface area contributed by atoms with Crippen LogP contribution in [0.1, 0.15) is 44.9 Å². The van der Waals surface area contributed by atoms with Gasteiger partial charge in [-0.3, -0.25) is 0 Å². The highest BCUT2D eigenvalue weighted by atomic mass is 16.3. The molecule has 3 atom stereocenters. The van der Waals surface area contributed by atoms with Crippen LogP contribution in [0.5, 0.6) is 0 Å². The van der Waals surface area contributed by atoms with Gasteiger partial charge in [-0.1, -0.05) is 19.3 Å². The molecule has 1 saturated carbocycles. The van der Waals surface area contributed by atoms with Crippen LogP contribution in [0.3, 0.4) is 0 Å². The summed E-state index contributed by atoms with van der Waals surface area (Å²) < 4.78 is 0. The molecule has 0 bridgehead atoms. The molecule has 1 heterocycles. The molecule has 2 fully saturated rings. The van der Waals surface area contributed by atoms with E-state index < -0.39 is 0 Å². The van der Waals surface area contributed by atoms with Crippen LogP contribution in [0, 0.1) is 5.92 Å². The van der Waals surface area contributed by atoms with Crippen molar-refractivity contribution >= 4 is 0 Å². The average Bonchev–Trinajstić information content (AvgIpc) is 2.20. The van der Waals surface area contributed by atoms with E-state index in [1.807, 2.05) is 0 Å². The summed E-state index contributed by atoms with van der Waals surface area (Å²) in [4.78, 5) is 0. The van der Waals surface area contributed by atoms with Gasteiger partial charge in [0.2, 0.25) is 0 Å². The van der Waals surface area contributed by atoms with E-state index in [4.69, 9.17) is 0 Å². The number of nitrogens with one attached hydrogen (secondary N) is 1. The Bertz CT molecular complexity index is 154. The Hall–Kier alpha value is -0.0800. The van der Waals surface area contributed by atoms with Crippen molar-refractivity contribution in [1.82, 2.24) is 5.32 Å². The number of rotatable bonds is 1. The van der Waals surface area contributed by atoms with E-state index in [2.05, 4.69) is 5.32 Å². The van der Waals surface area contributed by atoms with E-state index in [1.54, 1.807) is 0 Å². The van der Waals surface area contributed by atoms with Gasteiger partial charge in [0, 0.05) is 12.0 Å². The Morgan fingerprint density at radius 1 is 0.923 bits per heavy atom. The summed E-state index contributed by atoms with van der Waals surface area (Å²) in [5.74, 6) is 0.550. The van der Waals surface area contributed by atoms with E-state index in [0.717, 1.165) is 13.0 Å². The normalized spacial score (nSPS) is 41.8. The summed E-state index contributed by atoms with van der Waals surface area (Å²) in [6.07, 6.45) is 8.73.